The Labute approximate surface area is 159 Å². The predicted molar refractivity (Wildman–Crippen MR) is 97.7 cm³/mol. The zero-order chi connectivity index (χ0) is 19.8. The Bertz CT molecular complexity index is 976. The lowest BCUT2D eigenvalue weighted by Crippen LogP contribution is -2.40. The summed E-state index contributed by atoms with van der Waals surface area (Å²) in [5, 5.41) is 0. The van der Waals surface area contributed by atoms with Crippen LogP contribution in [0.5, 0.6) is 0 Å². The third-order valence-electron chi connectivity index (χ3n) is 4.84. The smallest absolute Gasteiger partial charge is 0.262 e. The second kappa shape index (κ2) is 6.84. The van der Waals surface area contributed by atoms with E-state index in [-0.39, 0.29) is 17.7 Å². The number of imide groups is 2. The zero-order valence-corrected chi connectivity index (χ0v) is 14.7. The van der Waals surface area contributed by atoms with Crippen LogP contribution in [-0.2, 0) is 0 Å². The summed E-state index contributed by atoms with van der Waals surface area (Å²) in [5.74, 6) is -1.98. The molecule has 2 aromatic carbocycles. The van der Waals surface area contributed by atoms with E-state index in [4.69, 9.17) is 0 Å². The van der Waals surface area contributed by atoms with Crippen molar-refractivity contribution in [2.75, 3.05) is 13.2 Å². The highest BCUT2D eigenvalue weighted by atomic mass is 19.1. The maximum absolute atomic E-state index is 13.6. The topological polar surface area (TPSA) is 74.8 Å². The van der Waals surface area contributed by atoms with Gasteiger partial charge in [-0.3, -0.25) is 29.0 Å². The fourth-order valence-corrected chi connectivity index (χ4v) is 3.44. The number of carbonyl (C=O) groups excluding carboxylic acids is 4. The quantitative estimate of drug-likeness (QED) is 0.592. The van der Waals surface area contributed by atoms with Gasteiger partial charge in [0.25, 0.3) is 23.6 Å². The van der Waals surface area contributed by atoms with Gasteiger partial charge < -0.3 is 0 Å². The summed E-state index contributed by atoms with van der Waals surface area (Å²) in [5.41, 5.74) is 1.12. The van der Waals surface area contributed by atoms with E-state index in [1.807, 2.05) is 0 Å². The van der Waals surface area contributed by atoms with Gasteiger partial charge in [0.15, 0.2) is 0 Å². The predicted octanol–water partition coefficient (Wildman–Crippen LogP) is 2.47. The summed E-state index contributed by atoms with van der Waals surface area (Å²) in [4.78, 5) is 51.5. The van der Waals surface area contributed by atoms with Gasteiger partial charge in [-0.25, -0.2) is 4.39 Å². The zero-order valence-electron chi connectivity index (χ0n) is 14.7. The van der Waals surface area contributed by atoms with Crippen molar-refractivity contribution >= 4 is 23.6 Å². The van der Waals surface area contributed by atoms with Crippen molar-refractivity contribution in [2.24, 2.45) is 0 Å². The molecular weight excluding hydrogens is 363 g/mol. The van der Waals surface area contributed by atoms with Crippen LogP contribution in [-0.4, -0.2) is 52.7 Å². The lowest BCUT2D eigenvalue weighted by Gasteiger charge is -2.21. The van der Waals surface area contributed by atoms with E-state index in [0.29, 0.717) is 11.1 Å². The van der Waals surface area contributed by atoms with E-state index in [0.717, 1.165) is 9.80 Å². The van der Waals surface area contributed by atoms with Gasteiger partial charge in [0.1, 0.15) is 6.67 Å². The Hall–Kier alpha value is -3.61. The molecule has 7 heteroatoms. The van der Waals surface area contributed by atoms with Crippen LogP contribution in [0.15, 0.2) is 60.7 Å². The number of halogens is 1. The number of rotatable bonds is 5. The molecule has 0 aromatic heterocycles. The molecule has 0 saturated heterocycles. The summed E-state index contributed by atoms with van der Waals surface area (Å²) >= 11 is 0. The number of carbonyl (C=O) groups is 4. The first-order valence-corrected chi connectivity index (χ1v) is 8.69. The number of hydrogen-bond donors (Lipinski definition) is 0. The highest BCUT2D eigenvalue weighted by Crippen LogP contribution is 2.26. The van der Waals surface area contributed by atoms with Gasteiger partial charge in [-0.2, -0.15) is 0 Å². The number of alkyl halides is 1. The monoisotopic (exact) mass is 378 g/mol. The first kappa shape index (κ1) is 17.8. The maximum Gasteiger partial charge on any atom is 0.262 e. The minimum absolute atomic E-state index is 0.0774. The summed E-state index contributed by atoms with van der Waals surface area (Å²) in [7, 11) is 0. The minimum atomic E-state index is -1.11. The molecule has 2 heterocycles. The molecular formula is C21H15FN2O4. The molecule has 2 aliphatic heterocycles. The van der Waals surface area contributed by atoms with E-state index < -0.39 is 36.3 Å². The van der Waals surface area contributed by atoms with Crippen LogP contribution >= 0.6 is 0 Å². The average Bonchev–Trinajstić information content (AvgIpc) is 3.12. The first-order valence-electron chi connectivity index (χ1n) is 8.69. The summed E-state index contributed by atoms with van der Waals surface area (Å²) in [6, 6.07) is 11.7. The molecule has 4 rings (SSSR count). The SMILES string of the molecule is O=C1c2ccccc2C(=O)N1CC=CC(CF)N1C(=O)c2ccccc2C1=O. The summed E-state index contributed by atoms with van der Waals surface area (Å²) < 4.78 is 13.6. The van der Waals surface area contributed by atoms with Gasteiger partial charge in [-0.05, 0) is 24.3 Å². The molecule has 140 valence electrons. The van der Waals surface area contributed by atoms with E-state index in [9.17, 15) is 23.6 Å². The number of hydrogen-bond acceptors (Lipinski definition) is 4. The second-order valence-corrected chi connectivity index (χ2v) is 6.44. The van der Waals surface area contributed by atoms with Crippen molar-refractivity contribution in [1.82, 2.24) is 9.80 Å². The van der Waals surface area contributed by atoms with Crippen molar-refractivity contribution in [3.05, 3.63) is 82.9 Å². The van der Waals surface area contributed by atoms with Crippen LogP contribution in [0.25, 0.3) is 0 Å². The molecule has 0 N–H and O–H groups in total. The third kappa shape index (κ3) is 2.63. The van der Waals surface area contributed by atoms with Crippen molar-refractivity contribution in [3.63, 3.8) is 0 Å². The van der Waals surface area contributed by atoms with Gasteiger partial charge in [0.05, 0.1) is 28.3 Å². The number of benzene rings is 2. The second-order valence-electron chi connectivity index (χ2n) is 6.44. The van der Waals surface area contributed by atoms with Gasteiger partial charge in [0.2, 0.25) is 0 Å². The van der Waals surface area contributed by atoms with Gasteiger partial charge in [0, 0.05) is 6.54 Å². The van der Waals surface area contributed by atoms with Crippen LogP contribution in [0.4, 0.5) is 4.39 Å². The molecule has 0 bridgehead atoms. The van der Waals surface area contributed by atoms with E-state index in [1.165, 1.54) is 24.3 Å². The normalized spacial score (nSPS) is 16.9. The fourth-order valence-electron chi connectivity index (χ4n) is 3.44. The van der Waals surface area contributed by atoms with Crippen LogP contribution in [0.1, 0.15) is 41.4 Å². The van der Waals surface area contributed by atoms with Gasteiger partial charge in [-0.1, -0.05) is 36.4 Å². The molecule has 1 atom stereocenters. The lowest BCUT2D eigenvalue weighted by atomic mass is 10.1. The Morgan fingerprint density at radius 1 is 0.750 bits per heavy atom. The van der Waals surface area contributed by atoms with Gasteiger partial charge >= 0.3 is 0 Å². The molecule has 0 fully saturated rings. The molecule has 0 spiro atoms. The first-order chi connectivity index (χ1) is 13.5. The van der Waals surface area contributed by atoms with Crippen molar-refractivity contribution in [1.29, 1.82) is 0 Å². The molecule has 0 aliphatic carbocycles. The standard InChI is InChI=1S/C21H15FN2O4/c22-12-13(24-20(27)16-9-3-4-10-17(16)21(24)28)6-5-11-23-18(25)14-7-1-2-8-15(14)19(23)26/h1-10,13H,11-12H2. The van der Waals surface area contributed by atoms with Crippen LogP contribution < -0.4 is 0 Å². The van der Waals surface area contributed by atoms with Crippen molar-refractivity contribution in [3.8, 4) is 0 Å². The molecule has 28 heavy (non-hydrogen) atoms. The third-order valence-corrected chi connectivity index (χ3v) is 4.84. The number of nitrogens with zero attached hydrogens (tertiary/aromatic N) is 2. The Morgan fingerprint density at radius 3 is 1.61 bits per heavy atom. The van der Waals surface area contributed by atoms with Gasteiger partial charge in [-0.15, -0.1) is 0 Å². The van der Waals surface area contributed by atoms with Crippen molar-refractivity contribution < 1.29 is 23.6 Å². The lowest BCUT2D eigenvalue weighted by molar-refractivity contribution is 0.0590. The van der Waals surface area contributed by atoms with Crippen LogP contribution in [0.2, 0.25) is 0 Å². The fraction of sp³-hybridized carbons (Fsp3) is 0.143. The molecule has 0 saturated carbocycles. The highest BCUT2D eigenvalue weighted by molar-refractivity contribution is 6.22. The Balaban J connectivity index is 1.51. The van der Waals surface area contributed by atoms with E-state index in [2.05, 4.69) is 0 Å². The molecule has 1 unspecified atom stereocenters. The van der Waals surface area contributed by atoms with Crippen LogP contribution in [0, 0.1) is 0 Å². The highest BCUT2D eigenvalue weighted by Gasteiger charge is 2.39. The van der Waals surface area contributed by atoms with Crippen LogP contribution in [0.3, 0.4) is 0 Å². The molecule has 6 nitrogen and oxygen atoms in total. The van der Waals surface area contributed by atoms with Crippen molar-refractivity contribution in [2.45, 2.75) is 6.04 Å². The molecule has 0 radical (unpaired) electrons. The summed E-state index contributed by atoms with van der Waals surface area (Å²) in [6.07, 6.45) is 2.76. The molecule has 2 aromatic rings. The average molecular weight is 378 g/mol. The number of amides is 4. The van der Waals surface area contributed by atoms with E-state index >= 15 is 0 Å². The minimum Gasteiger partial charge on any atom is -0.270 e. The Morgan fingerprint density at radius 2 is 1.18 bits per heavy atom. The largest absolute Gasteiger partial charge is 0.270 e. The molecule has 4 amide bonds. The summed E-state index contributed by atoms with van der Waals surface area (Å²) in [6.45, 7) is -1.05. The Kier molecular flexibility index (Phi) is 4.35. The maximum atomic E-state index is 13.6. The molecule has 2 aliphatic rings. The van der Waals surface area contributed by atoms with E-state index in [1.54, 1.807) is 36.4 Å². The number of fused-ring (bicyclic) bond motifs is 2.